The van der Waals surface area contributed by atoms with E-state index >= 15 is 0 Å². The summed E-state index contributed by atoms with van der Waals surface area (Å²) in [4.78, 5) is 4.08. The van der Waals surface area contributed by atoms with E-state index < -0.39 is 0 Å². The smallest absolute Gasteiger partial charge is 0.0738 e. The first-order valence-corrected chi connectivity index (χ1v) is 7.24. The Morgan fingerprint density at radius 1 is 1.37 bits per heavy atom. The molecular formula is C14H19BrN4. The van der Waals surface area contributed by atoms with Crippen molar-refractivity contribution in [3.63, 3.8) is 0 Å². The molecule has 0 aliphatic heterocycles. The largest absolute Gasteiger partial charge is 0.310 e. The Labute approximate surface area is 122 Å². The van der Waals surface area contributed by atoms with Gasteiger partial charge < -0.3 is 5.32 Å². The van der Waals surface area contributed by atoms with Gasteiger partial charge >= 0.3 is 0 Å². The van der Waals surface area contributed by atoms with Crippen LogP contribution < -0.4 is 5.32 Å². The number of rotatable bonds is 5. The molecule has 0 amide bonds. The Balaban J connectivity index is 2.26. The fraction of sp³-hybridized carbons (Fsp3) is 0.429. The zero-order valence-corrected chi connectivity index (χ0v) is 13.1. The van der Waals surface area contributed by atoms with E-state index in [1.807, 2.05) is 31.0 Å². The van der Waals surface area contributed by atoms with E-state index in [2.05, 4.69) is 50.4 Å². The van der Waals surface area contributed by atoms with Gasteiger partial charge in [0.2, 0.25) is 0 Å². The Bertz CT molecular complexity index is 536. The van der Waals surface area contributed by atoms with Gasteiger partial charge in [-0.1, -0.05) is 6.92 Å². The lowest BCUT2D eigenvalue weighted by molar-refractivity contribution is 0.527. The zero-order valence-electron chi connectivity index (χ0n) is 11.5. The fourth-order valence-electron chi connectivity index (χ4n) is 2.25. The van der Waals surface area contributed by atoms with Crippen LogP contribution in [0.25, 0.3) is 0 Å². The summed E-state index contributed by atoms with van der Waals surface area (Å²) >= 11 is 3.63. The number of halogens is 1. The third-order valence-electron chi connectivity index (χ3n) is 3.22. The van der Waals surface area contributed by atoms with Crippen LogP contribution >= 0.6 is 15.9 Å². The number of hydrogen-bond acceptors (Lipinski definition) is 3. The maximum atomic E-state index is 4.45. The first-order valence-electron chi connectivity index (χ1n) is 6.44. The van der Waals surface area contributed by atoms with Crippen molar-refractivity contribution < 1.29 is 0 Å². The number of nitrogens with zero attached hydrogens (tertiary/aromatic N) is 3. The lowest BCUT2D eigenvalue weighted by Gasteiger charge is -2.18. The number of nitrogens with one attached hydrogen (secondary N) is 1. The van der Waals surface area contributed by atoms with Crippen LogP contribution in [0.1, 0.15) is 29.9 Å². The van der Waals surface area contributed by atoms with Crippen LogP contribution in [0.3, 0.4) is 0 Å². The third-order valence-corrected chi connectivity index (χ3v) is 4.25. The van der Waals surface area contributed by atoms with Crippen molar-refractivity contribution in [3.05, 3.63) is 46.0 Å². The first-order chi connectivity index (χ1) is 9.13. The van der Waals surface area contributed by atoms with Crippen LogP contribution in [0.2, 0.25) is 0 Å². The summed E-state index contributed by atoms with van der Waals surface area (Å²) < 4.78 is 3.05. The van der Waals surface area contributed by atoms with Gasteiger partial charge in [0.25, 0.3) is 0 Å². The van der Waals surface area contributed by atoms with Crippen molar-refractivity contribution in [2.75, 3.05) is 6.54 Å². The molecular weight excluding hydrogens is 304 g/mol. The summed E-state index contributed by atoms with van der Waals surface area (Å²) in [6, 6.07) is 4.40. The van der Waals surface area contributed by atoms with Crippen molar-refractivity contribution in [1.82, 2.24) is 20.1 Å². The van der Waals surface area contributed by atoms with Crippen molar-refractivity contribution in [3.8, 4) is 0 Å². The SMILES string of the molecule is CCNC(Cc1c(Br)c(C)nn1C)c1ccncc1. The summed E-state index contributed by atoms with van der Waals surface area (Å²) in [6.45, 7) is 5.07. The molecule has 0 aromatic carbocycles. The molecule has 2 aromatic heterocycles. The van der Waals surface area contributed by atoms with Gasteiger partial charge in [-0.3, -0.25) is 9.67 Å². The predicted molar refractivity (Wildman–Crippen MR) is 80.0 cm³/mol. The van der Waals surface area contributed by atoms with E-state index in [1.165, 1.54) is 11.3 Å². The summed E-state index contributed by atoms with van der Waals surface area (Å²) in [5, 5.41) is 7.97. The molecule has 0 spiro atoms. The molecule has 102 valence electrons. The summed E-state index contributed by atoms with van der Waals surface area (Å²) in [5.41, 5.74) is 3.49. The molecule has 2 aromatic rings. The highest BCUT2D eigenvalue weighted by atomic mass is 79.9. The molecule has 2 rings (SSSR count). The third kappa shape index (κ3) is 3.22. The molecule has 19 heavy (non-hydrogen) atoms. The van der Waals surface area contributed by atoms with Crippen LogP contribution in [0.15, 0.2) is 29.0 Å². The molecule has 1 N–H and O–H groups in total. The van der Waals surface area contributed by atoms with E-state index in [0.29, 0.717) is 0 Å². The van der Waals surface area contributed by atoms with Gasteiger partial charge in [-0.15, -0.1) is 0 Å². The van der Waals surface area contributed by atoms with Crippen molar-refractivity contribution in [2.24, 2.45) is 7.05 Å². The van der Waals surface area contributed by atoms with E-state index in [1.54, 1.807) is 0 Å². The second kappa shape index (κ2) is 6.30. The molecule has 0 aliphatic carbocycles. The summed E-state index contributed by atoms with van der Waals surface area (Å²) in [5.74, 6) is 0. The highest BCUT2D eigenvalue weighted by Crippen LogP contribution is 2.25. The van der Waals surface area contributed by atoms with E-state index in [9.17, 15) is 0 Å². The lowest BCUT2D eigenvalue weighted by atomic mass is 10.0. The van der Waals surface area contributed by atoms with Crippen molar-refractivity contribution >= 4 is 15.9 Å². The molecule has 0 fully saturated rings. The molecule has 0 bridgehead atoms. The highest BCUT2D eigenvalue weighted by molar-refractivity contribution is 9.10. The van der Waals surface area contributed by atoms with Crippen LogP contribution in [0.5, 0.6) is 0 Å². The Hall–Kier alpha value is -1.20. The monoisotopic (exact) mass is 322 g/mol. The molecule has 0 saturated carbocycles. The normalized spacial score (nSPS) is 12.6. The fourth-order valence-corrected chi connectivity index (χ4v) is 2.74. The maximum Gasteiger partial charge on any atom is 0.0738 e. The van der Waals surface area contributed by atoms with E-state index in [4.69, 9.17) is 0 Å². The summed E-state index contributed by atoms with van der Waals surface area (Å²) in [6.07, 6.45) is 4.57. The second-order valence-corrected chi connectivity index (χ2v) is 5.36. The van der Waals surface area contributed by atoms with Gasteiger partial charge in [-0.2, -0.15) is 5.10 Å². The number of aromatic nitrogens is 3. The van der Waals surface area contributed by atoms with E-state index in [0.717, 1.165) is 23.1 Å². The van der Waals surface area contributed by atoms with Gasteiger partial charge in [0.1, 0.15) is 0 Å². The molecule has 0 aliphatic rings. The van der Waals surface area contributed by atoms with Crippen LogP contribution in [-0.2, 0) is 13.5 Å². The Kier molecular flexibility index (Phi) is 4.71. The lowest BCUT2D eigenvalue weighted by Crippen LogP contribution is -2.24. The van der Waals surface area contributed by atoms with Gasteiger partial charge in [-0.25, -0.2) is 0 Å². The van der Waals surface area contributed by atoms with Crippen molar-refractivity contribution in [1.29, 1.82) is 0 Å². The van der Waals surface area contributed by atoms with Gasteiger partial charge in [0.05, 0.1) is 15.9 Å². The Morgan fingerprint density at radius 3 is 2.58 bits per heavy atom. The van der Waals surface area contributed by atoms with Gasteiger partial charge in [-0.05, 0) is 47.1 Å². The van der Waals surface area contributed by atoms with Crippen molar-refractivity contribution in [2.45, 2.75) is 26.3 Å². The Morgan fingerprint density at radius 2 is 2.05 bits per heavy atom. The van der Waals surface area contributed by atoms with Crippen LogP contribution in [0.4, 0.5) is 0 Å². The number of pyridine rings is 1. The maximum absolute atomic E-state index is 4.45. The zero-order chi connectivity index (χ0) is 13.8. The molecule has 5 heteroatoms. The second-order valence-electron chi connectivity index (χ2n) is 4.56. The molecule has 4 nitrogen and oxygen atoms in total. The standard InChI is InChI=1S/C14H19BrN4/c1-4-17-12(11-5-7-16-8-6-11)9-13-14(15)10(2)18-19(13)3/h5-8,12,17H,4,9H2,1-3H3. The molecule has 1 unspecified atom stereocenters. The minimum Gasteiger partial charge on any atom is -0.310 e. The van der Waals surface area contributed by atoms with Crippen LogP contribution in [-0.4, -0.2) is 21.3 Å². The number of aryl methyl sites for hydroxylation is 2. The summed E-state index contributed by atoms with van der Waals surface area (Å²) in [7, 11) is 1.99. The predicted octanol–water partition coefficient (Wildman–Crippen LogP) is 2.78. The molecule has 0 radical (unpaired) electrons. The average molecular weight is 323 g/mol. The quantitative estimate of drug-likeness (QED) is 0.920. The first kappa shape index (κ1) is 14.2. The molecule has 1 atom stereocenters. The van der Waals surface area contributed by atoms with Crippen LogP contribution in [0, 0.1) is 6.92 Å². The minimum atomic E-state index is 0.277. The van der Waals surface area contributed by atoms with Gasteiger partial charge in [0, 0.05) is 31.9 Å². The number of hydrogen-bond donors (Lipinski definition) is 1. The highest BCUT2D eigenvalue weighted by Gasteiger charge is 2.17. The average Bonchev–Trinajstić information content (AvgIpc) is 2.65. The molecule has 2 heterocycles. The topological polar surface area (TPSA) is 42.7 Å². The number of likely N-dealkylation sites (N-methyl/N-ethyl adjacent to an activating group) is 1. The van der Waals surface area contributed by atoms with Gasteiger partial charge in [0.15, 0.2) is 0 Å². The van der Waals surface area contributed by atoms with E-state index in [-0.39, 0.29) is 6.04 Å². The molecule has 0 saturated heterocycles. The minimum absolute atomic E-state index is 0.277.